The predicted octanol–water partition coefficient (Wildman–Crippen LogP) is 2.75. The average molecular weight is 455 g/mol. The number of allylic oxidation sites excluding steroid dienone is 1. The Hall–Kier alpha value is -2.98. The van der Waals surface area contributed by atoms with E-state index in [9.17, 15) is 9.59 Å². The second-order valence-electron chi connectivity index (χ2n) is 6.97. The highest BCUT2D eigenvalue weighted by atomic mass is 32.2. The van der Waals surface area contributed by atoms with Crippen LogP contribution in [0.4, 0.5) is 0 Å². The zero-order valence-electron chi connectivity index (χ0n) is 17.3. The molecule has 0 spiro atoms. The molecule has 0 radical (unpaired) electrons. The number of nitrogens with zero attached hydrogens (tertiary/aromatic N) is 5. The molecule has 1 aromatic carbocycles. The van der Waals surface area contributed by atoms with Crippen LogP contribution >= 0.6 is 23.1 Å². The molecule has 10 heteroatoms. The fourth-order valence-corrected chi connectivity index (χ4v) is 5.13. The summed E-state index contributed by atoms with van der Waals surface area (Å²) in [5.41, 5.74) is 1.60. The Bertz CT molecular complexity index is 1340. The van der Waals surface area contributed by atoms with E-state index in [0.717, 1.165) is 17.1 Å². The number of thiazole rings is 1. The number of hydrogen-bond acceptors (Lipinski definition) is 7. The first-order valence-electron chi connectivity index (χ1n) is 9.79. The topological polar surface area (TPSA) is 94.2 Å². The highest BCUT2D eigenvalue weighted by Crippen LogP contribution is 2.21. The maximum Gasteiger partial charge on any atom is 0.263 e. The van der Waals surface area contributed by atoms with E-state index in [1.807, 2.05) is 36.4 Å². The van der Waals surface area contributed by atoms with E-state index >= 15 is 0 Å². The Morgan fingerprint density at radius 3 is 2.84 bits per heavy atom. The van der Waals surface area contributed by atoms with E-state index < -0.39 is 0 Å². The number of carbonyl (C=O) groups is 1. The van der Waals surface area contributed by atoms with Crippen LogP contribution in [0.2, 0.25) is 0 Å². The molecule has 0 saturated heterocycles. The molecule has 160 valence electrons. The van der Waals surface area contributed by atoms with E-state index in [4.69, 9.17) is 0 Å². The monoisotopic (exact) mass is 454 g/mol. The summed E-state index contributed by atoms with van der Waals surface area (Å²) >= 11 is 2.95. The third-order valence-corrected chi connectivity index (χ3v) is 6.86. The lowest BCUT2D eigenvalue weighted by Gasteiger charge is -2.09. The van der Waals surface area contributed by atoms with Crippen molar-refractivity contribution in [3.05, 3.63) is 62.9 Å². The van der Waals surface area contributed by atoms with Gasteiger partial charge in [0.15, 0.2) is 5.16 Å². The van der Waals surface area contributed by atoms with Gasteiger partial charge in [-0.1, -0.05) is 30.0 Å². The van der Waals surface area contributed by atoms with Crippen molar-refractivity contribution in [2.45, 2.75) is 32.0 Å². The minimum absolute atomic E-state index is 0.0793. The highest BCUT2D eigenvalue weighted by molar-refractivity contribution is 7.99. The summed E-state index contributed by atoms with van der Waals surface area (Å²) in [5.74, 6) is 0.558. The summed E-state index contributed by atoms with van der Waals surface area (Å²) in [6.07, 6.45) is 2.41. The zero-order chi connectivity index (χ0) is 22.0. The summed E-state index contributed by atoms with van der Waals surface area (Å²) in [7, 11) is 0. The van der Waals surface area contributed by atoms with Gasteiger partial charge < -0.3 is 5.32 Å². The van der Waals surface area contributed by atoms with Crippen molar-refractivity contribution in [2.24, 2.45) is 0 Å². The molecule has 4 aromatic rings. The molecule has 8 nitrogen and oxygen atoms in total. The molecule has 1 amide bonds. The van der Waals surface area contributed by atoms with Crippen LogP contribution < -0.4 is 10.9 Å². The molecule has 0 aliphatic heterocycles. The van der Waals surface area contributed by atoms with E-state index in [2.05, 4.69) is 27.1 Å². The third kappa shape index (κ3) is 4.26. The van der Waals surface area contributed by atoms with Crippen LogP contribution in [0, 0.1) is 13.8 Å². The van der Waals surface area contributed by atoms with Gasteiger partial charge in [-0.15, -0.1) is 28.1 Å². The maximum absolute atomic E-state index is 12.8. The second kappa shape index (κ2) is 9.03. The Morgan fingerprint density at radius 1 is 1.29 bits per heavy atom. The first kappa shape index (κ1) is 21.3. The Kier molecular flexibility index (Phi) is 6.19. The number of aryl methyl sites for hydroxylation is 2. The molecule has 0 unspecified atom stereocenters. The van der Waals surface area contributed by atoms with Crippen LogP contribution in [0.25, 0.3) is 16.7 Å². The standard InChI is InChI=1S/C21H22N6O2S2/c1-4-11-26-19(29)15-7-5-6-8-16(15)27-20(26)24-25-21(27)30-12-18(28)22-10-9-17-13(2)23-14(3)31-17/h4-8H,1,9-12H2,2-3H3,(H,22,28). The predicted molar refractivity (Wildman–Crippen MR) is 124 cm³/mol. The molecule has 3 aromatic heterocycles. The van der Waals surface area contributed by atoms with Gasteiger partial charge in [0, 0.05) is 24.4 Å². The lowest BCUT2D eigenvalue weighted by molar-refractivity contribution is -0.118. The largest absolute Gasteiger partial charge is 0.355 e. The highest BCUT2D eigenvalue weighted by Gasteiger charge is 2.17. The normalized spacial score (nSPS) is 11.3. The summed E-state index contributed by atoms with van der Waals surface area (Å²) in [6, 6.07) is 7.32. The number of thioether (sulfide) groups is 1. The van der Waals surface area contributed by atoms with Crippen molar-refractivity contribution in [1.82, 2.24) is 29.5 Å². The van der Waals surface area contributed by atoms with Crippen LogP contribution in [-0.2, 0) is 17.8 Å². The number of rotatable bonds is 8. The number of para-hydroxylation sites is 1. The van der Waals surface area contributed by atoms with Crippen molar-refractivity contribution < 1.29 is 4.79 Å². The van der Waals surface area contributed by atoms with Crippen molar-refractivity contribution in [3.8, 4) is 0 Å². The van der Waals surface area contributed by atoms with Crippen molar-refractivity contribution in [3.63, 3.8) is 0 Å². The van der Waals surface area contributed by atoms with Gasteiger partial charge in [-0.25, -0.2) is 4.98 Å². The lowest BCUT2D eigenvalue weighted by atomic mass is 10.2. The van der Waals surface area contributed by atoms with Crippen LogP contribution in [0.5, 0.6) is 0 Å². The van der Waals surface area contributed by atoms with Crippen LogP contribution in [0.15, 0.2) is 46.9 Å². The number of amides is 1. The van der Waals surface area contributed by atoms with Crippen molar-refractivity contribution in [2.75, 3.05) is 12.3 Å². The Labute approximate surface area is 187 Å². The molecule has 0 aliphatic rings. The molecule has 1 N–H and O–H groups in total. The molecular weight excluding hydrogens is 432 g/mol. The lowest BCUT2D eigenvalue weighted by Crippen LogP contribution is -2.27. The SMILES string of the molecule is C=CCn1c(=O)c2ccccc2n2c(SCC(=O)NCCc3sc(C)nc3C)nnc12. The zero-order valence-corrected chi connectivity index (χ0v) is 18.9. The smallest absolute Gasteiger partial charge is 0.263 e. The summed E-state index contributed by atoms with van der Waals surface area (Å²) < 4.78 is 3.35. The minimum Gasteiger partial charge on any atom is -0.355 e. The fraction of sp³-hybridized carbons (Fsp3) is 0.286. The van der Waals surface area contributed by atoms with Gasteiger partial charge >= 0.3 is 0 Å². The Morgan fingerprint density at radius 2 is 2.10 bits per heavy atom. The van der Waals surface area contributed by atoms with Gasteiger partial charge in [-0.05, 0) is 26.0 Å². The number of fused-ring (bicyclic) bond motifs is 3. The van der Waals surface area contributed by atoms with Gasteiger partial charge in [-0.3, -0.25) is 18.6 Å². The maximum atomic E-state index is 12.8. The second-order valence-corrected chi connectivity index (χ2v) is 9.20. The van der Waals surface area contributed by atoms with E-state index in [1.54, 1.807) is 23.5 Å². The van der Waals surface area contributed by atoms with Gasteiger partial charge in [0.2, 0.25) is 11.7 Å². The van der Waals surface area contributed by atoms with Crippen molar-refractivity contribution in [1.29, 1.82) is 0 Å². The quantitative estimate of drug-likeness (QED) is 0.325. The number of carbonyl (C=O) groups excluding carboxylic acids is 1. The van der Waals surface area contributed by atoms with Crippen LogP contribution in [0.3, 0.4) is 0 Å². The number of benzene rings is 1. The van der Waals surface area contributed by atoms with Gasteiger partial charge in [0.25, 0.3) is 5.56 Å². The van der Waals surface area contributed by atoms with Crippen molar-refractivity contribution >= 4 is 45.7 Å². The van der Waals surface area contributed by atoms with Gasteiger partial charge in [-0.2, -0.15) is 0 Å². The number of aromatic nitrogens is 5. The molecule has 4 rings (SSSR count). The molecule has 0 atom stereocenters. The number of hydrogen-bond donors (Lipinski definition) is 1. The van der Waals surface area contributed by atoms with E-state index in [1.165, 1.54) is 21.2 Å². The minimum atomic E-state index is -0.140. The fourth-order valence-electron chi connectivity index (χ4n) is 3.42. The van der Waals surface area contributed by atoms with Crippen LogP contribution in [-0.4, -0.2) is 42.4 Å². The summed E-state index contributed by atoms with van der Waals surface area (Å²) in [4.78, 5) is 30.8. The molecule has 0 aliphatic carbocycles. The van der Waals surface area contributed by atoms with E-state index in [0.29, 0.717) is 34.9 Å². The first-order chi connectivity index (χ1) is 15.0. The molecule has 0 bridgehead atoms. The molecule has 3 heterocycles. The first-order valence-corrected chi connectivity index (χ1v) is 11.6. The molecule has 0 saturated carbocycles. The van der Waals surface area contributed by atoms with E-state index in [-0.39, 0.29) is 17.2 Å². The third-order valence-electron chi connectivity index (χ3n) is 4.80. The average Bonchev–Trinajstić information content (AvgIpc) is 3.32. The molecule has 31 heavy (non-hydrogen) atoms. The molecule has 0 fully saturated rings. The number of nitrogens with one attached hydrogen (secondary N) is 1. The van der Waals surface area contributed by atoms with Crippen LogP contribution in [0.1, 0.15) is 15.6 Å². The summed E-state index contributed by atoms with van der Waals surface area (Å²) in [5, 5.41) is 13.6. The Balaban J connectivity index is 1.51. The van der Waals surface area contributed by atoms with Gasteiger partial charge in [0.1, 0.15) is 0 Å². The molecular formula is C21H22N6O2S2. The van der Waals surface area contributed by atoms with Gasteiger partial charge in [0.05, 0.1) is 27.4 Å². The summed E-state index contributed by atoms with van der Waals surface area (Å²) in [6.45, 7) is 8.59.